The Kier molecular flexibility index (Phi) is 4.64. The first-order valence-electron chi connectivity index (χ1n) is 9.47. The third-order valence-electron chi connectivity index (χ3n) is 5.90. The first kappa shape index (κ1) is 17.6. The Morgan fingerprint density at radius 2 is 2.11 bits per heavy atom. The maximum Gasteiger partial charge on any atom is 0.272 e. The highest BCUT2D eigenvalue weighted by molar-refractivity contribution is 5.93. The molecule has 6 nitrogen and oxygen atoms in total. The minimum absolute atomic E-state index is 0.0334. The first-order valence-corrected chi connectivity index (χ1v) is 9.47. The monoisotopic (exact) mass is 364 g/mol. The summed E-state index contributed by atoms with van der Waals surface area (Å²) in [7, 11) is 0. The van der Waals surface area contributed by atoms with Crippen molar-refractivity contribution < 1.29 is 9.59 Å². The molecule has 140 valence electrons. The third kappa shape index (κ3) is 3.44. The highest BCUT2D eigenvalue weighted by Crippen LogP contribution is 2.51. The summed E-state index contributed by atoms with van der Waals surface area (Å²) >= 11 is 0. The van der Waals surface area contributed by atoms with Gasteiger partial charge in [-0.2, -0.15) is 0 Å². The van der Waals surface area contributed by atoms with E-state index in [0.717, 1.165) is 30.5 Å². The van der Waals surface area contributed by atoms with Crippen LogP contribution in [-0.4, -0.2) is 39.8 Å². The van der Waals surface area contributed by atoms with Gasteiger partial charge in [-0.1, -0.05) is 18.6 Å². The second-order valence-electron chi connectivity index (χ2n) is 7.70. The van der Waals surface area contributed by atoms with Crippen molar-refractivity contribution in [3.8, 4) is 0 Å². The van der Waals surface area contributed by atoms with Gasteiger partial charge in [0.05, 0.1) is 5.92 Å². The lowest BCUT2D eigenvalue weighted by Gasteiger charge is -2.41. The molecule has 2 aliphatic rings. The van der Waals surface area contributed by atoms with Crippen molar-refractivity contribution in [2.24, 2.45) is 11.3 Å². The van der Waals surface area contributed by atoms with Crippen LogP contribution in [-0.2, 0) is 11.3 Å². The molecule has 2 aromatic rings. The third-order valence-corrected chi connectivity index (χ3v) is 5.90. The number of likely N-dealkylation sites (tertiary alicyclic amines) is 1. The number of nitrogens with zero attached hydrogens (tertiary/aromatic N) is 3. The van der Waals surface area contributed by atoms with Crippen molar-refractivity contribution >= 4 is 11.8 Å². The Morgan fingerprint density at radius 1 is 1.26 bits per heavy atom. The molecule has 2 fully saturated rings. The van der Waals surface area contributed by atoms with Crippen LogP contribution in [0.2, 0.25) is 0 Å². The smallest absolute Gasteiger partial charge is 0.272 e. The Bertz CT molecular complexity index is 848. The van der Waals surface area contributed by atoms with E-state index >= 15 is 0 Å². The van der Waals surface area contributed by atoms with E-state index in [1.54, 1.807) is 18.5 Å². The lowest BCUT2D eigenvalue weighted by atomic mass is 9.62. The molecule has 1 aliphatic carbocycles. The number of aryl methyl sites for hydroxylation is 1. The minimum atomic E-state index is -0.156. The van der Waals surface area contributed by atoms with Crippen molar-refractivity contribution in [2.45, 2.75) is 32.7 Å². The molecule has 1 N–H and O–H groups in total. The predicted octanol–water partition coefficient (Wildman–Crippen LogP) is 2.34. The van der Waals surface area contributed by atoms with Crippen LogP contribution in [0.3, 0.4) is 0 Å². The summed E-state index contributed by atoms with van der Waals surface area (Å²) in [6.45, 7) is 3.45. The zero-order valence-electron chi connectivity index (χ0n) is 15.5. The van der Waals surface area contributed by atoms with Crippen LogP contribution in [0, 0.1) is 18.3 Å². The molecule has 1 spiro atoms. The first-order chi connectivity index (χ1) is 13.1. The standard InChI is InChI=1S/C21H24N4O2/c1-15-5-2-7-18(24-15)20(27)25-13-17(21(14-25)8-4-9-21)19(26)23-12-16-6-3-10-22-11-16/h2-3,5-7,10-11,17H,4,8-9,12-14H2,1H3,(H,23,26). The molecular formula is C21H24N4O2. The van der Waals surface area contributed by atoms with Crippen molar-refractivity contribution in [3.63, 3.8) is 0 Å². The van der Waals surface area contributed by atoms with Gasteiger partial charge in [0.25, 0.3) is 5.91 Å². The Hall–Kier alpha value is -2.76. The second-order valence-corrected chi connectivity index (χ2v) is 7.70. The summed E-state index contributed by atoms with van der Waals surface area (Å²) in [5, 5.41) is 3.04. The van der Waals surface area contributed by atoms with E-state index < -0.39 is 0 Å². The van der Waals surface area contributed by atoms with Gasteiger partial charge in [-0.05, 0) is 43.5 Å². The van der Waals surface area contributed by atoms with E-state index in [1.165, 1.54) is 0 Å². The van der Waals surface area contributed by atoms with Gasteiger partial charge in [0.2, 0.25) is 5.91 Å². The molecule has 6 heteroatoms. The average molecular weight is 364 g/mol. The lowest BCUT2D eigenvalue weighted by molar-refractivity contribution is -0.129. The zero-order valence-corrected chi connectivity index (χ0v) is 15.5. The second kappa shape index (κ2) is 7.10. The zero-order chi connectivity index (χ0) is 18.9. The number of carbonyl (C=O) groups is 2. The van der Waals surface area contributed by atoms with Crippen LogP contribution in [0.5, 0.6) is 0 Å². The SMILES string of the molecule is Cc1cccc(C(=O)N2CC(C(=O)NCc3cccnc3)C3(CCC3)C2)n1. The van der Waals surface area contributed by atoms with Crippen LogP contribution in [0.25, 0.3) is 0 Å². The number of pyridine rings is 2. The van der Waals surface area contributed by atoms with Crippen molar-refractivity contribution in [1.29, 1.82) is 0 Å². The maximum atomic E-state index is 12.9. The number of aromatic nitrogens is 2. The van der Waals surface area contributed by atoms with Crippen LogP contribution in [0.15, 0.2) is 42.7 Å². The molecule has 3 heterocycles. The molecule has 0 bridgehead atoms. The van der Waals surface area contributed by atoms with E-state index in [4.69, 9.17) is 0 Å². The van der Waals surface area contributed by atoms with Crippen LogP contribution < -0.4 is 5.32 Å². The van der Waals surface area contributed by atoms with Gasteiger partial charge in [-0.15, -0.1) is 0 Å². The van der Waals surface area contributed by atoms with E-state index in [9.17, 15) is 9.59 Å². The highest BCUT2D eigenvalue weighted by Gasteiger charge is 2.54. The fourth-order valence-electron chi connectivity index (χ4n) is 4.26. The average Bonchev–Trinajstić information content (AvgIpc) is 3.08. The van der Waals surface area contributed by atoms with Gasteiger partial charge in [-0.25, -0.2) is 4.98 Å². The van der Waals surface area contributed by atoms with Crippen molar-refractivity contribution in [1.82, 2.24) is 20.2 Å². The maximum absolute atomic E-state index is 12.9. The summed E-state index contributed by atoms with van der Waals surface area (Å²) < 4.78 is 0. The molecule has 2 amide bonds. The fraction of sp³-hybridized carbons (Fsp3) is 0.429. The van der Waals surface area contributed by atoms with Gasteiger partial charge < -0.3 is 10.2 Å². The molecule has 1 saturated carbocycles. The number of nitrogens with one attached hydrogen (secondary N) is 1. The largest absolute Gasteiger partial charge is 0.352 e. The summed E-state index contributed by atoms with van der Waals surface area (Å²) in [4.78, 5) is 36.1. The van der Waals surface area contributed by atoms with Gasteiger partial charge >= 0.3 is 0 Å². The van der Waals surface area contributed by atoms with E-state index in [0.29, 0.717) is 25.3 Å². The van der Waals surface area contributed by atoms with Gasteiger partial charge in [0.1, 0.15) is 5.69 Å². The molecular weight excluding hydrogens is 340 g/mol. The number of hydrogen-bond donors (Lipinski definition) is 1. The van der Waals surface area contributed by atoms with Gasteiger partial charge in [0, 0.05) is 43.1 Å². The number of hydrogen-bond acceptors (Lipinski definition) is 4. The highest BCUT2D eigenvalue weighted by atomic mass is 16.2. The minimum Gasteiger partial charge on any atom is -0.352 e. The van der Waals surface area contributed by atoms with Gasteiger partial charge in [-0.3, -0.25) is 14.6 Å². The molecule has 1 saturated heterocycles. The molecule has 4 rings (SSSR count). The van der Waals surface area contributed by atoms with E-state index in [2.05, 4.69) is 15.3 Å². The van der Waals surface area contributed by atoms with Crippen molar-refractivity contribution in [3.05, 3.63) is 59.7 Å². The molecule has 27 heavy (non-hydrogen) atoms. The van der Waals surface area contributed by atoms with Crippen molar-refractivity contribution in [2.75, 3.05) is 13.1 Å². The normalized spacial score (nSPS) is 20.3. The summed E-state index contributed by atoms with van der Waals surface area (Å²) in [6.07, 6.45) is 6.60. The van der Waals surface area contributed by atoms with Gasteiger partial charge in [0.15, 0.2) is 0 Å². The predicted molar refractivity (Wildman–Crippen MR) is 101 cm³/mol. The van der Waals surface area contributed by atoms with Crippen LogP contribution >= 0.6 is 0 Å². The fourth-order valence-corrected chi connectivity index (χ4v) is 4.26. The quantitative estimate of drug-likeness (QED) is 0.904. The molecule has 1 aliphatic heterocycles. The summed E-state index contributed by atoms with van der Waals surface area (Å²) in [5.74, 6) is -0.199. The number of rotatable bonds is 4. The molecule has 0 radical (unpaired) electrons. The molecule has 1 unspecified atom stereocenters. The number of carbonyl (C=O) groups excluding carboxylic acids is 2. The van der Waals surface area contributed by atoms with Crippen LogP contribution in [0.1, 0.15) is 41.0 Å². The summed E-state index contributed by atoms with van der Waals surface area (Å²) in [5.41, 5.74) is 2.19. The lowest BCUT2D eigenvalue weighted by Crippen LogP contribution is -2.45. The molecule has 2 aromatic heterocycles. The Balaban J connectivity index is 1.46. The molecule has 1 atom stereocenters. The van der Waals surface area contributed by atoms with Crippen LogP contribution in [0.4, 0.5) is 0 Å². The topological polar surface area (TPSA) is 75.2 Å². The number of amides is 2. The Labute approximate surface area is 159 Å². The summed E-state index contributed by atoms with van der Waals surface area (Å²) in [6, 6.07) is 9.28. The Morgan fingerprint density at radius 3 is 2.78 bits per heavy atom. The van der Waals surface area contributed by atoms with E-state index in [1.807, 2.05) is 36.1 Å². The molecule has 0 aromatic carbocycles. The van der Waals surface area contributed by atoms with E-state index in [-0.39, 0.29) is 23.1 Å².